The summed E-state index contributed by atoms with van der Waals surface area (Å²) in [5, 5.41) is 7.48. The lowest BCUT2D eigenvalue weighted by Crippen LogP contribution is -2.44. The second-order valence-corrected chi connectivity index (χ2v) is 6.29. The van der Waals surface area contributed by atoms with Crippen molar-refractivity contribution in [1.82, 2.24) is 20.3 Å². The van der Waals surface area contributed by atoms with Crippen LogP contribution in [0, 0.1) is 0 Å². The van der Waals surface area contributed by atoms with Crippen molar-refractivity contribution in [3.63, 3.8) is 0 Å². The van der Waals surface area contributed by atoms with E-state index in [1.54, 1.807) is 0 Å². The molecule has 0 spiro atoms. The van der Waals surface area contributed by atoms with Crippen LogP contribution in [-0.2, 0) is 13.1 Å². The van der Waals surface area contributed by atoms with Crippen LogP contribution in [0.2, 0.25) is 0 Å². The Morgan fingerprint density at radius 2 is 2.35 bits per heavy atom. The number of hydrogen-bond acceptors (Lipinski definition) is 5. The molecule has 2 heterocycles. The van der Waals surface area contributed by atoms with Crippen LogP contribution < -0.4 is 5.32 Å². The summed E-state index contributed by atoms with van der Waals surface area (Å²) in [6.45, 7) is 8.25. The summed E-state index contributed by atoms with van der Waals surface area (Å²) in [4.78, 5) is 4.79. The van der Waals surface area contributed by atoms with Crippen LogP contribution in [0.25, 0.3) is 0 Å². The first-order valence-corrected chi connectivity index (χ1v) is 7.61. The maximum absolute atomic E-state index is 5.44. The van der Waals surface area contributed by atoms with E-state index >= 15 is 0 Å². The van der Waals surface area contributed by atoms with Crippen LogP contribution >= 0.6 is 0 Å². The molecule has 1 N–H and O–H groups in total. The third-order valence-corrected chi connectivity index (χ3v) is 3.93. The highest BCUT2D eigenvalue weighted by Crippen LogP contribution is 2.16. The molecule has 0 amide bonds. The van der Waals surface area contributed by atoms with Crippen molar-refractivity contribution in [1.29, 1.82) is 0 Å². The maximum Gasteiger partial charge on any atom is 0.151 e. The van der Waals surface area contributed by atoms with Gasteiger partial charge in [0.1, 0.15) is 0 Å². The Kier molecular flexibility index (Phi) is 5.57. The Bertz CT molecular complexity index is 404. The van der Waals surface area contributed by atoms with Gasteiger partial charge in [-0.2, -0.15) is 0 Å². The molecule has 1 aromatic rings. The van der Waals surface area contributed by atoms with Crippen LogP contribution in [-0.4, -0.2) is 54.2 Å². The molecule has 1 atom stereocenters. The molecule has 0 bridgehead atoms. The minimum absolute atomic E-state index is 0.468. The minimum atomic E-state index is 0.468. The molecule has 0 radical (unpaired) electrons. The molecule has 1 saturated heterocycles. The van der Waals surface area contributed by atoms with Crippen molar-refractivity contribution in [2.24, 2.45) is 0 Å². The Morgan fingerprint density at radius 1 is 1.55 bits per heavy atom. The molecule has 0 aromatic carbocycles. The van der Waals surface area contributed by atoms with Gasteiger partial charge in [-0.1, -0.05) is 19.0 Å². The molecule has 1 aliphatic heterocycles. The fraction of sp³-hybridized carbons (Fsp3) is 0.800. The highest BCUT2D eigenvalue weighted by atomic mass is 16.5. The van der Waals surface area contributed by atoms with Crippen molar-refractivity contribution >= 4 is 0 Å². The third-order valence-electron chi connectivity index (χ3n) is 3.93. The van der Waals surface area contributed by atoms with E-state index in [9.17, 15) is 0 Å². The molecule has 114 valence electrons. The lowest BCUT2D eigenvalue weighted by Gasteiger charge is -2.35. The van der Waals surface area contributed by atoms with Gasteiger partial charge in [0.2, 0.25) is 0 Å². The predicted molar refractivity (Wildman–Crippen MR) is 80.5 cm³/mol. The fourth-order valence-corrected chi connectivity index (χ4v) is 2.70. The SMILES string of the molecule is CC(C)NCc1cc(CN(C)C2CCCN(C)C2)on1. The summed E-state index contributed by atoms with van der Waals surface area (Å²) in [7, 11) is 4.38. The number of rotatable bonds is 6. The average molecular weight is 280 g/mol. The standard InChI is InChI=1S/C15H28N4O/c1-12(2)16-9-13-8-15(20-17-13)11-19(4)14-6-5-7-18(3)10-14/h8,12,14,16H,5-7,9-11H2,1-4H3. The molecule has 5 nitrogen and oxygen atoms in total. The molecule has 1 aliphatic rings. The van der Waals surface area contributed by atoms with Gasteiger partial charge in [-0.25, -0.2) is 0 Å². The van der Waals surface area contributed by atoms with Gasteiger partial charge in [-0.05, 0) is 33.5 Å². The van der Waals surface area contributed by atoms with Crippen molar-refractivity contribution in [3.8, 4) is 0 Å². The van der Waals surface area contributed by atoms with Gasteiger partial charge >= 0.3 is 0 Å². The molecule has 1 fully saturated rings. The quantitative estimate of drug-likeness (QED) is 0.859. The van der Waals surface area contributed by atoms with E-state index in [-0.39, 0.29) is 0 Å². The Hall–Kier alpha value is -0.910. The molecular weight excluding hydrogens is 252 g/mol. The van der Waals surface area contributed by atoms with Crippen LogP contribution in [0.3, 0.4) is 0 Å². The summed E-state index contributed by atoms with van der Waals surface area (Å²) in [5.41, 5.74) is 0.989. The predicted octanol–water partition coefficient (Wildman–Crippen LogP) is 1.70. The van der Waals surface area contributed by atoms with E-state index in [0.29, 0.717) is 12.1 Å². The maximum atomic E-state index is 5.44. The molecule has 2 rings (SSSR count). The molecule has 1 unspecified atom stereocenters. The zero-order chi connectivity index (χ0) is 14.5. The zero-order valence-corrected chi connectivity index (χ0v) is 13.2. The summed E-state index contributed by atoms with van der Waals surface area (Å²) in [5.74, 6) is 0.960. The van der Waals surface area contributed by atoms with Gasteiger partial charge in [0, 0.05) is 31.2 Å². The number of likely N-dealkylation sites (tertiary alicyclic amines) is 1. The highest BCUT2D eigenvalue weighted by molar-refractivity contribution is 5.05. The Balaban J connectivity index is 1.83. The molecule has 20 heavy (non-hydrogen) atoms. The molecular formula is C15H28N4O. The van der Waals surface area contributed by atoms with E-state index in [0.717, 1.165) is 31.1 Å². The molecule has 0 saturated carbocycles. The summed E-state index contributed by atoms with van der Waals surface area (Å²) >= 11 is 0. The lowest BCUT2D eigenvalue weighted by atomic mass is 10.1. The smallest absolute Gasteiger partial charge is 0.151 e. The second kappa shape index (κ2) is 7.20. The normalized spacial score (nSPS) is 21.0. The van der Waals surface area contributed by atoms with Crippen LogP contribution in [0.5, 0.6) is 0 Å². The summed E-state index contributed by atoms with van der Waals surface area (Å²) < 4.78 is 5.44. The summed E-state index contributed by atoms with van der Waals surface area (Å²) in [6.07, 6.45) is 2.56. The average Bonchev–Trinajstić information content (AvgIpc) is 2.84. The fourth-order valence-electron chi connectivity index (χ4n) is 2.70. The van der Waals surface area contributed by atoms with E-state index in [4.69, 9.17) is 4.52 Å². The van der Waals surface area contributed by atoms with Gasteiger partial charge in [0.15, 0.2) is 5.76 Å². The number of nitrogens with one attached hydrogen (secondary N) is 1. The number of nitrogens with zero attached hydrogens (tertiary/aromatic N) is 3. The van der Waals surface area contributed by atoms with Gasteiger partial charge in [-0.15, -0.1) is 0 Å². The minimum Gasteiger partial charge on any atom is -0.360 e. The largest absolute Gasteiger partial charge is 0.360 e. The second-order valence-electron chi connectivity index (χ2n) is 6.29. The Labute approximate surface area is 122 Å². The monoisotopic (exact) mass is 280 g/mol. The van der Waals surface area contributed by atoms with E-state index < -0.39 is 0 Å². The molecule has 0 aliphatic carbocycles. The molecule has 5 heteroatoms. The van der Waals surface area contributed by atoms with Gasteiger partial charge in [0.25, 0.3) is 0 Å². The topological polar surface area (TPSA) is 44.5 Å². The van der Waals surface area contributed by atoms with Crippen molar-refractivity contribution in [3.05, 3.63) is 17.5 Å². The van der Waals surface area contributed by atoms with Crippen LogP contribution in [0.15, 0.2) is 10.6 Å². The van der Waals surface area contributed by atoms with Gasteiger partial charge in [-0.3, -0.25) is 4.90 Å². The third kappa shape index (κ3) is 4.58. The molecule has 1 aromatic heterocycles. The van der Waals surface area contributed by atoms with Crippen molar-refractivity contribution in [2.45, 2.75) is 51.9 Å². The first kappa shape index (κ1) is 15.5. The van der Waals surface area contributed by atoms with Gasteiger partial charge in [0.05, 0.1) is 12.2 Å². The van der Waals surface area contributed by atoms with Gasteiger partial charge < -0.3 is 14.7 Å². The summed E-state index contributed by atoms with van der Waals surface area (Å²) in [6, 6.07) is 3.16. The number of piperidine rings is 1. The first-order chi connectivity index (χ1) is 9.54. The van der Waals surface area contributed by atoms with E-state index in [1.807, 2.05) is 0 Å². The van der Waals surface area contributed by atoms with E-state index in [2.05, 4.69) is 54.3 Å². The Morgan fingerprint density at radius 3 is 3.05 bits per heavy atom. The first-order valence-electron chi connectivity index (χ1n) is 7.61. The number of likely N-dealkylation sites (N-methyl/N-ethyl adjacent to an activating group) is 2. The highest BCUT2D eigenvalue weighted by Gasteiger charge is 2.22. The van der Waals surface area contributed by atoms with Crippen LogP contribution in [0.1, 0.15) is 38.1 Å². The van der Waals surface area contributed by atoms with Crippen molar-refractivity contribution < 1.29 is 4.52 Å². The van der Waals surface area contributed by atoms with E-state index in [1.165, 1.54) is 19.4 Å². The zero-order valence-electron chi connectivity index (χ0n) is 13.2. The number of hydrogen-bond donors (Lipinski definition) is 1. The van der Waals surface area contributed by atoms with Crippen LogP contribution in [0.4, 0.5) is 0 Å². The lowest BCUT2D eigenvalue weighted by molar-refractivity contribution is 0.121. The van der Waals surface area contributed by atoms with Crippen molar-refractivity contribution in [2.75, 3.05) is 27.2 Å². The number of aromatic nitrogens is 1.